The third-order valence-electron chi connectivity index (χ3n) is 4.11. The van der Waals surface area contributed by atoms with Crippen LogP contribution in [0.15, 0.2) is 0 Å². The number of hydrogen-bond acceptors (Lipinski definition) is 2. The molecule has 3 N–H and O–H groups in total. The van der Waals surface area contributed by atoms with Gasteiger partial charge in [-0.2, -0.15) is 0 Å². The Hall–Kier alpha value is -0.0800. The summed E-state index contributed by atoms with van der Waals surface area (Å²) < 4.78 is 0. The van der Waals surface area contributed by atoms with E-state index in [1.807, 2.05) is 0 Å². The van der Waals surface area contributed by atoms with Crippen LogP contribution < -0.4 is 11.1 Å². The maximum absolute atomic E-state index is 5.96. The predicted octanol–water partition coefficient (Wildman–Crippen LogP) is 1.65. The first-order valence-electron chi connectivity index (χ1n) is 5.57. The molecule has 2 saturated carbocycles. The van der Waals surface area contributed by atoms with Crippen LogP contribution in [0, 0.1) is 5.41 Å². The van der Waals surface area contributed by atoms with Gasteiger partial charge in [-0.25, -0.2) is 0 Å². The first-order valence-corrected chi connectivity index (χ1v) is 5.57. The molecule has 0 amide bonds. The van der Waals surface area contributed by atoms with Crippen LogP contribution in [0.5, 0.6) is 0 Å². The van der Waals surface area contributed by atoms with Crippen molar-refractivity contribution >= 4 is 0 Å². The summed E-state index contributed by atoms with van der Waals surface area (Å²) in [6, 6.07) is 0.779. The van der Waals surface area contributed by atoms with Crippen LogP contribution in [-0.4, -0.2) is 18.1 Å². The van der Waals surface area contributed by atoms with E-state index in [9.17, 15) is 0 Å². The number of nitrogens with two attached hydrogens (primary N) is 1. The van der Waals surface area contributed by atoms with Crippen LogP contribution in [0.1, 0.15) is 46.0 Å². The Bertz CT molecular complexity index is 196. The summed E-state index contributed by atoms with van der Waals surface area (Å²) in [4.78, 5) is 0. The van der Waals surface area contributed by atoms with E-state index in [1.165, 1.54) is 32.1 Å². The molecule has 2 aliphatic rings. The van der Waals surface area contributed by atoms with Gasteiger partial charge in [0.15, 0.2) is 0 Å². The molecule has 2 aliphatic carbocycles. The van der Waals surface area contributed by atoms with Crippen molar-refractivity contribution in [1.29, 1.82) is 0 Å². The minimum atomic E-state index is 0.244. The normalized spacial score (nSPS) is 38.1. The Morgan fingerprint density at radius 1 is 1.31 bits per heavy atom. The van der Waals surface area contributed by atoms with Gasteiger partial charge in [0.2, 0.25) is 0 Å². The quantitative estimate of drug-likeness (QED) is 0.696. The highest BCUT2D eigenvalue weighted by Crippen LogP contribution is 2.46. The monoisotopic (exact) mass is 182 g/mol. The van der Waals surface area contributed by atoms with Gasteiger partial charge in [-0.05, 0) is 31.1 Å². The Kier molecular flexibility index (Phi) is 2.16. The lowest BCUT2D eigenvalue weighted by atomic mass is 9.75. The molecule has 0 aromatic heterocycles. The van der Waals surface area contributed by atoms with E-state index in [-0.39, 0.29) is 5.54 Å². The highest BCUT2D eigenvalue weighted by molar-refractivity contribution is 5.08. The topological polar surface area (TPSA) is 38.0 Å². The number of rotatable bonds is 3. The third kappa shape index (κ3) is 1.50. The molecule has 76 valence electrons. The highest BCUT2D eigenvalue weighted by atomic mass is 15.1. The summed E-state index contributed by atoms with van der Waals surface area (Å²) in [5, 5.41) is 3.78. The average Bonchev–Trinajstić information content (AvgIpc) is 2.80. The van der Waals surface area contributed by atoms with Crippen molar-refractivity contribution < 1.29 is 0 Å². The summed E-state index contributed by atoms with van der Waals surface area (Å²) in [6.45, 7) is 5.53. The molecule has 0 heterocycles. The van der Waals surface area contributed by atoms with Gasteiger partial charge in [0.05, 0.1) is 0 Å². The van der Waals surface area contributed by atoms with E-state index >= 15 is 0 Å². The fourth-order valence-electron chi connectivity index (χ4n) is 2.73. The van der Waals surface area contributed by atoms with Crippen LogP contribution in [0.4, 0.5) is 0 Å². The molecule has 2 nitrogen and oxygen atoms in total. The van der Waals surface area contributed by atoms with Crippen LogP contribution in [0.25, 0.3) is 0 Å². The maximum Gasteiger partial charge on any atom is 0.0357 e. The fourth-order valence-corrected chi connectivity index (χ4v) is 2.73. The first kappa shape index (κ1) is 9.47. The molecule has 0 saturated heterocycles. The SMILES string of the molecule is CC1(C)CCCC1(CN)NC1CC1. The standard InChI is InChI=1S/C11H22N2/c1-10(2)6-3-7-11(10,8-12)13-9-4-5-9/h9,13H,3-8,12H2,1-2H3. The molecule has 0 aliphatic heterocycles. The minimum absolute atomic E-state index is 0.244. The molecule has 1 unspecified atom stereocenters. The largest absolute Gasteiger partial charge is 0.329 e. The third-order valence-corrected chi connectivity index (χ3v) is 4.11. The summed E-state index contributed by atoms with van der Waals surface area (Å²) >= 11 is 0. The zero-order valence-corrected chi connectivity index (χ0v) is 8.90. The van der Waals surface area contributed by atoms with Gasteiger partial charge in [0, 0.05) is 18.1 Å². The van der Waals surface area contributed by atoms with Crippen LogP contribution in [0.3, 0.4) is 0 Å². The van der Waals surface area contributed by atoms with E-state index < -0.39 is 0 Å². The Balaban J connectivity index is 2.11. The van der Waals surface area contributed by atoms with Crippen molar-refractivity contribution in [2.24, 2.45) is 11.1 Å². The highest BCUT2D eigenvalue weighted by Gasteiger charge is 2.49. The molecular formula is C11H22N2. The van der Waals surface area contributed by atoms with Gasteiger partial charge < -0.3 is 11.1 Å². The van der Waals surface area contributed by atoms with Crippen LogP contribution in [0.2, 0.25) is 0 Å². The summed E-state index contributed by atoms with van der Waals surface area (Å²) in [5.41, 5.74) is 6.60. The van der Waals surface area contributed by atoms with E-state index in [0.717, 1.165) is 12.6 Å². The number of hydrogen-bond donors (Lipinski definition) is 2. The second-order valence-corrected chi connectivity index (χ2v) is 5.44. The lowest BCUT2D eigenvalue weighted by Gasteiger charge is -2.42. The second kappa shape index (κ2) is 2.96. The van der Waals surface area contributed by atoms with Crippen molar-refractivity contribution in [1.82, 2.24) is 5.32 Å². The molecule has 1 atom stereocenters. The molecular weight excluding hydrogens is 160 g/mol. The van der Waals surface area contributed by atoms with Crippen molar-refractivity contribution in [2.45, 2.75) is 57.5 Å². The van der Waals surface area contributed by atoms with Crippen molar-refractivity contribution in [3.8, 4) is 0 Å². The van der Waals surface area contributed by atoms with Crippen molar-refractivity contribution in [3.63, 3.8) is 0 Å². The summed E-state index contributed by atoms with van der Waals surface area (Å²) in [6.07, 6.45) is 6.65. The van der Waals surface area contributed by atoms with Crippen LogP contribution in [-0.2, 0) is 0 Å². The molecule has 0 bridgehead atoms. The van der Waals surface area contributed by atoms with Gasteiger partial charge in [-0.3, -0.25) is 0 Å². The van der Waals surface area contributed by atoms with Gasteiger partial charge in [-0.1, -0.05) is 20.3 Å². The van der Waals surface area contributed by atoms with E-state index in [0.29, 0.717) is 5.41 Å². The van der Waals surface area contributed by atoms with E-state index in [4.69, 9.17) is 5.73 Å². The lowest BCUT2D eigenvalue weighted by Crippen LogP contribution is -2.58. The molecule has 0 radical (unpaired) electrons. The zero-order valence-electron chi connectivity index (χ0n) is 8.90. The second-order valence-electron chi connectivity index (χ2n) is 5.44. The maximum atomic E-state index is 5.96. The molecule has 0 spiro atoms. The van der Waals surface area contributed by atoms with Gasteiger partial charge in [0.25, 0.3) is 0 Å². The smallest absolute Gasteiger partial charge is 0.0357 e. The molecule has 0 aromatic rings. The first-order chi connectivity index (χ1) is 6.10. The minimum Gasteiger partial charge on any atom is -0.329 e. The fraction of sp³-hybridized carbons (Fsp3) is 1.00. The molecule has 2 rings (SSSR count). The molecule has 2 fully saturated rings. The van der Waals surface area contributed by atoms with Crippen LogP contribution >= 0.6 is 0 Å². The van der Waals surface area contributed by atoms with E-state index in [2.05, 4.69) is 19.2 Å². The average molecular weight is 182 g/mol. The van der Waals surface area contributed by atoms with Crippen molar-refractivity contribution in [3.05, 3.63) is 0 Å². The van der Waals surface area contributed by atoms with E-state index in [1.54, 1.807) is 0 Å². The predicted molar refractivity (Wildman–Crippen MR) is 55.6 cm³/mol. The Labute approximate surface area is 81.3 Å². The summed E-state index contributed by atoms with van der Waals surface area (Å²) in [5.74, 6) is 0. The molecule has 2 heteroatoms. The number of nitrogens with one attached hydrogen (secondary N) is 1. The van der Waals surface area contributed by atoms with Crippen molar-refractivity contribution in [2.75, 3.05) is 6.54 Å². The Morgan fingerprint density at radius 3 is 2.38 bits per heavy atom. The molecule has 0 aromatic carbocycles. The van der Waals surface area contributed by atoms with Gasteiger partial charge >= 0.3 is 0 Å². The Morgan fingerprint density at radius 2 is 2.00 bits per heavy atom. The lowest BCUT2D eigenvalue weighted by molar-refractivity contribution is 0.161. The zero-order chi connectivity index (χ0) is 9.53. The van der Waals surface area contributed by atoms with Gasteiger partial charge in [0.1, 0.15) is 0 Å². The summed E-state index contributed by atoms with van der Waals surface area (Å²) in [7, 11) is 0. The molecule has 13 heavy (non-hydrogen) atoms. The van der Waals surface area contributed by atoms with Gasteiger partial charge in [-0.15, -0.1) is 0 Å².